The molecule has 0 bridgehead atoms. The highest BCUT2D eigenvalue weighted by Crippen LogP contribution is 1.95. The summed E-state index contributed by atoms with van der Waals surface area (Å²) in [4.78, 5) is 10.00. The molecule has 10 heavy (non-hydrogen) atoms. The second-order valence-electron chi connectivity index (χ2n) is 2.44. The molecule has 2 unspecified atom stereocenters. The van der Waals surface area contributed by atoms with Crippen LogP contribution in [0.25, 0.3) is 0 Å². The summed E-state index contributed by atoms with van der Waals surface area (Å²) in [6.45, 7) is 3.33. The molecule has 0 radical (unpaired) electrons. The van der Waals surface area contributed by atoms with Gasteiger partial charge in [-0.25, -0.2) is 4.79 Å². The first-order valence-electron chi connectivity index (χ1n) is 3.20. The van der Waals surface area contributed by atoms with Gasteiger partial charge in [-0.2, -0.15) is 0 Å². The fraction of sp³-hybridized carbons (Fsp3) is 0.833. The van der Waals surface area contributed by atoms with E-state index in [1.807, 2.05) is 0 Å². The molecule has 0 aliphatic carbocycles. The Morgan fingerprint density at radius 3 is 2.40 bits per heavy atom. The molecule has 4 nitrogen and oxygen atoms in total. The Bertz CT molecular complexity index is 114. The van der Waals surface area contributed by atoms with Crippen LogP contribution in [0.15, 0.2) is 0 Å². The maximum atomic E-state index is 10.00. The fourth-order valence-corrected chi connectivity index (χ4v) is 0.781. The van der Waals surface area contributed by atoms with Gasteiger partial charge in [-0.15, -0.1) is 0 Å². The van der Waals surface area contributed by atoms with E-state index in [0.29, 0.717) is 6.42 Å². The number of rotatable bonds is 3. The molecule has 0 heterocycles. The summed E-state index contributed by atoms with van der Waals surface area (Å²) in [5, 5.41) is 19.2. The van der Waals surface area contributed by atoms with E-state index in [1.54, 1.807) is 13.8 Å². The van der Waals surface area contributed by atoms with Crippen molar-refractivity contribution in [3.63, 3.8) is 0 Å². The minimum atomic E-state index is -1.05. The molecular formula is C6H13NO3. The molecule has 0 rings (SSSR count). The lowest BCUT2D eigenvalue weighted by atomic mass is 10.2. The summed E-state index contributed by atoms with van der Waals surface area (Å²) in [6, 6.07) is -0.183. The van der Waals surface area contributed by atoms with Gasteiger partial charge in [-0.05, 0) is 20.3 Å². The van der Waals surface area contributed by atoms with E-state index in [4.69, 9.17) is 10.2 Å². The third-order valence-electron chi connectivity index (χ3n) is 1.06. The Kier molecular flexibility index (Phi) is 3.79. The van der Waals surface area contributed by atoms with E-state index < -0.39 is 12.2 Å². The predicted octanol–water partition coefficient (Wildman–Crippen LogP) is 0.413. The molecule has 0 aromatic rings. The Morgan fingerprint density at radius 1 is 1.60 bits per heavy atom. The molecule has 1 amide bonds. The minimum Gasteiger partial charge on any atom is -0.465 e. The van der Waals surface area contributed by atoms with Crippen LogP contribution < -0.4 is 5.32 Å². The molecule has 0 saturated carbocycles. The van der Waals surface area contributed by atoms with Crippen LogP contribution in [-0.4, -0.2) is 28.5 Å². The first-order valence-corrected chi connectivity index (χ1v) is 3.20. The van der Waals surface area contributed by atoms with Crippen LogP contribution in [0.1, 0.15) is 20.3 Å². The first kappa shape index (κ1) is 9.23. The average molecular weight is 147 g/mol. The summed E-state index contributed by atoms with van der Waals surface area (Å²) in [5.74, 6) is 0. The van der Waals surface area contributed by atoms with Crippen LogP contribution in [0.4, 0.5) is 4.79 Å². The van der Waals surface area contributed by atoms with Gasteiger partial charge in [0.1, 0.15) is 0 Å². The molecule has 0 saturated heterocycles. The Labute approximate surface area is 59.9 Å². The van der Waals surface area contributed by atoms with Crippen LogP contribution >= 0.6 is 0 Å². The van der Waals surface area contributed by atoms with Gasteiger partial charge in [0.15, 0.2) is 0 Å². The molecule has 0 fully saturated rings. The summed E-state index contributed by atoms with van der Waals surface area (Å²) >= 11 is 0. The second-order valence-corrected chi connectivity index (χ2v) is 2.44. The number of hydrogen-bond donors (Lipinski definition) is 3. The smallest absolute Gasteiger partial charge is 0.404 e. The van der Waals surface area contributed by atoms with Gasteiger partial charge in [-0.1, -0.05) is 0 Å². The lowest BCUT2D eigenvalue weighted by Gasteiger charge is -2.12. The molecule has 0 aromatic carbocycles. The van der Waals surface area contributed by atoms with Crippen LogP contribution in [0.5, 0.6) is 0 Å². The van der Waals surface area contributed by atoms with E-state index in [9.17, 15) is 4.79 Å². The highest BCUT2D eigenvalue weighted by molar-refractivity contribution is 5.64. The quantitative estimate of drug-likeness (QED) is 0.541. The van der Waals surface area contributed by atoms with Gasteiger partial charge in [-0.3, -0.25) is 0 Å². The van der Waals surface area contributed by atoms with Crippen molar-refractivity contribution in [2.24, 2.45) is 0 Å². The molecular weight excluding hydrogens is 134 g/mol. The number of aliphatic hydroxyl groups excluding tert-OH is 1. The van der Waals surface area contributed by atoms with Crippen LogP contribution in [0.2, 0.25) is 0 Å². The van der Waals surface area contributed by atoms with Gasteiger partial charge < -0.3 is 15.5 Å². The monoisotopic (exact) mass is 147 g/mol. The predicted molar refractivity (Wildman–Crippen MR) is 36.9 cm³/mol. The van der Waals surface area contributed by atoms with Crippen molar-refractivity contribution in [3.05, 3.63) is 0 Å². The summed E-state index contributed by atoms with van der Waals surface area (Å²) in [5.41, 5.74) is 0. The molecule has 0 aliphatic rings. The lowest BCUT2D eigenvalue weighted by molar-refractivity contribution is 0.161. The van der Waals surface area contributed by atoms with Gasteiger partial charge in [0.2, 0.25) is 0 Å². The van der Waals surface area contributed by atoms with Crippen LogP contribution in [0.3, 0.4) is 0 Å². The van der Waals surface area contributed by atoms with Crippen molar-refractivity contribution in [2.45, 2.75) is 32.4 Å². The van der Waals surface area contributed by atoms with E-state index in [1.165, 1.54) is 0 Å². The molecule has 0 aromatic heterocycles. The Balaban J connectivity index is 3.43. The maximum Gasteiger partial charge on any atom is 0.404 e. The average Bonchev–Trinajstić information content (AvgIpc) is 1.58. The number of aliphatic hydroxyl groups is 1. The molecule has 2 atom stereocenters. The molecule has 60 valence electrons. The van der Waals surface area contributed by atoms with Crippen molar-refractivity contribution in [2.75, 3.05) is 0 Å². The maximum absolute atomic E-state index is 10.00. The van der Waals surface area contributed by atoms with E-state index in [-0.39, 0.29) is 6.04 Å². The Morgan fingerprint density at radius 2 is 2.10 bits per heavy atom. The number of carbonyl (C=O) groups is 1. The molecule has 0 spiro atoms. The SMILES string of the molecule is CC(O)CC(C)NC(=O)O. The number of amides is 1. The molecule has 3 N–H and O–H groups in total. The largest absolute Gasteiger partial charge is 0.465 e. The summed E-state index contributed by atoms with van der Waals surface area (Å²) in [6.07, 6.45) is -1.05. The van der Waals surface area contributed by atoms with E-state index >= 15 is 0 Å². The zero-order valence-electron chi connectivity index (χ0n) is 6.16. The van der Waals surface area contributed by atoms with Crippen molar-refractivity contribution in [1.82, 2.24) is 5.32 Å². The van der Waals surface area contributed by atoms with Crippen molar-refractivity contribution < 1.29 is 15.0 Å². The van der Waals surface area contributed by atoms with Gasteiger partial charge >= 0.3 is 6.09 Å². The summed E-state index contributed by atoms with van der Waals surface area (Å²) < 4.78 is 0. The zero-order chi connectivity index (χ0) is 8.15. The summed E-state index contributed by atoms with van der Waals surface area (Å²) in [7, 11) is 0. The fourth-order valence-electron chi connectivity index (χ4n) is 0.781. The molecule has 0 aliphatic heterocycles. The first-order chi connectivity index (χ1) is 4.52. The van der Waals surface area contributed by atoms with Gasteiger partial charge in [0, 0.05) is 6.04 Å². The standard InChI is InChI=1S/C6H13NO3/c1-4(3-5(2)8)7-6(9)10/h4-5,7-8H,3H2,1-2H3,(H,9,10). The van der Waals surface area contributed by atoms with E-state index in [2.05, 4.69) is 5.32 Å². The normalized spacial score (nSPS) is 15.9. The van der Waals surface area contributed by atoms with Crippen molar-refractivity contribution >= 4 is 6.09 Å². The molecule has 4 heteroatoms. The topological polar surface area (TPSA) is 69.6 Å². The zero-order valence-corrected chi connectivity index (χ0v) is 6.16. The van der Waals surface area contributed by atoms with Crippen LogP contribution in [0, 0.1) is 0 Å². The van der Waals surface area contributed by atoms with Gasteiger partial charge in [0.05, 0.1) is 6.10 Å². The van der Waals surface area contributed by atoms with Gasteiger partial charge in [0.25, 0.3) is 0 Å². The third kappa shape index (κ3) is 5.37. The number of nitrogens with one attached hydrogen (secondary N) is 1. The lowest BCUT2D eigenvalue weighted by Crippen LogP contribution is -2.33. The van der Waals surface area contributed by atoms with E-state index in [0.717, 1.165) is 0 Å². The Hall–Kier alpha value is -0.770. The second kappa shape index (κ2) is 4.11. The third-order valence-corrected chi connectivity index (χ3v) is 1.06. The number of carboxylic acid groups (broad SMARTS) is 1. The van der Waals surface area contributed by atoms with Crippen molar-refractivity contribution in [3.8, 4) is 0 Å². The minimum absolute atomic E-state index is 0.183. The highest BCUT2D eigenvalue weighted by atomic mass is 16.4. The van der Waals surface area contributed by atoms with Crippen molar-refractivity contribution in [1.29, 1.82) is 0 Å². The number of hydrogen-bond acceptors (Lipinski definition) is 2. The van der Waals surface area contributed by atoms with Crippen LogP contribution in [-0.2, 0) is 0 Å². The highest BCUT2D eigenvalue weighted by Gasteiger charge is 2.07.